The largest absolute Gasteiger partial charge is 0.383 e. The first kappa shape index (κ1) is 15.8. The van der Waals surface area contributed by atoms with E-state index in [1.807, 2.05) is 30.3 Å². The number of nitrogen functional groups attached to an aromatic ring is 1. The van der Waals surface area contributed by atoms with Crippen molar-refractivity contribution in [3.05, 3.63) is 64.8 Å². The van der Waals surface area contributed by atoms with Crippen LogP contribution in [-0.4, -0.2) is 26.9 Å². The molecule has 0 atom stereocenters. The molecule has 2 heterocycles. The second-order valence-electron chi connectivity index (χ2n) is 4.89. The van der Waals surface area contributed by atoms with Gasteiger partial charge in [0.2, 0.25) is 16.8 Å². The van der Waals surface area contributed by atoms with E-state index in [1.54, 1.807) is 12.1 Å². The Balaban J connectivity index is 0.00000169. The average Bonchev–Trinajstić information content (AvgIpc) is 3.04. The molecule has 0 fully saturated rings. The number of carbonyl (C=O) groups is 2. The van der Waals surface area contributed by atoms with Gasteiger partial charge in [-0.2, -0.15) is 0 Å². The van der Waals surface area contributed by atoms with E-state index in [4.69, 9.17) is 5.73 Å². The van der Waals surface area contributed by atoms with Gasteiger partial charge in [0.15, 0.2) is 5.01 Å². The molecule has 0 aliphatic heterocycles. The summed E-state index contributed by atoms with van der Waals surface area (Å²) in [7, 11) is 0. The molecular weight excluding hydrogens is 326 g/mol. The predicted molar refractivity (Wildman–Crippen MR) is 95.0 cm³/mol. The van der Waals surface area contributed by atoms with Crippen molar-refractivity contribution in [1.82, 2.24) is 15.2 Å². The van der Waals surface area contributed by atoms with Crippen LogP contribution in [0.25, 0.3) is 0 Å². The van der Waals surface area contributed by atoms with Crippen molar-refractivity contribution < 1.29 is 12.4 Å². The van der Waals surface area contributed by atoms with Crippen molar-refractivity contribution in [3.8, 4) is 0 Å². The Morgan fingerprint density at radius 1 is 1.12 bits per heavy atom. The van der Waals surface area contributed by atoms with Crippen LogP contribution in [0.3, 0.4) is 0 Å². The summed E-state index contributed by atoms with van der Waals surface area (Å²) in [6, 6.07) is 12.5. The Hall–Kier alpha value is -3.13. The predicted octanol–water partition coefficient (Wildman–Crippen LogP) is 2.42. The summed E-state index contributed by atoms with van der Waals surface area (Å²) < 4.78 is 0. The molecule has 8 heteroatoms. The summed E-state index contributed by atoms with van der Waals surface area (Å²) in [4.78, 5) is 28.2. The van der Waals surface area contributed by atoms with Crippen LogP contribution in [0, 0.1) is 0 Å². The third-order valence-corrected chi connectivity index (χ3v) is 3.99. The number of benzene rings is 1. The maximum Gasteiger partial charge on any atom is 0.230 e. The Bertz CT molecular complexity index is 889. The number of hydrogen-bond donors (Lipinski definition) is 2. The molecule has 0 aliphatic carbocycles. The molecule has 0 unspecified atom stereocenters. The van der Waals surface area contributed by atoms with Crippen LogP contribution < -0.4 is 11.1 Å². The van der Waals surface area contributed by atoms with Gasteiger partial charge in [-0.15, -0.1) is 10.2 Å². The summed E-state index contributed by atoms with van der Waals surface area (Å²) in [5.74, 6) is -0.466. The fraction of sp³-hybridized carbons (Fsp3) is 0.0625. The Kier molecular flexibility index (Phi) is 4.57. The van der Waals surface area contributed by atoms with Crippen LogP contribution >= 0.6 is 11.3 Å². The van der Waals surface area contributed by atoms with Crippen molar-refractivity contribution >= 4 is 34.0 Å². The summed E-state index contributed by atoms with van der Waals surface area (Å²) in [5, 5.41) is 10.7. The fourth-order valence-electron chi connectivity index (χ4n) is 2.03. The minimum Gasteiger partial charge on any atom is -0.383 e. The first-order valence-corrected chi connectivity index (χ1v) is 7.87. The number of hydrogen-bond acceptors (Lipinski definition) is 7. The molecule has 0 saturated carbocycles. The lowest BCUT2D eigenvalue weighted by atomic mass is 10.1. The number of ketones is 1. The van der Waals surface area contributed by atoms with E-state index in [-0.39, 0.29) is 42.5 Å². The van der Waals surface area contributed by atoms with Gasteiger partial charge in [0.1, 0.15) is 5.82 Å². The van der Waals surface area contributed by atoms with E-state index < -0.39 is 0 Å². The van der Waals surface area contributed by atoms with E-state index in [9.17, 15) is 9.59 Å². The second kappa shape index (κ2) is 6.97. The maximum absolute atomic E-state index is 12.3. The van der Waals surface area contributed by atoms with Crippen molar-refractivity contribution in [2.75, 3.05) is 11.1 Å². The van der Waals surface area contributed by atoms with E-state index >= 15 is 0 Å². The van der Waals surface area contributed by atoms with Crippen LogP contribution in [-0.2, 0) is 11.2 Å². The molecule has 0 aliphatic rings. The number of anilines is 2. The molecule has 1 amide bonds. The number of nitrogens with two attached hydrogens (primary N) is 1. The van der Waals surface area contributed by atoms with Gasteiger partial charge >= 0.3 is 0 Å². The monoisotopic (exact) mass is 343 g/mol. The first-order chi connectivity index (χ1) is 11.6. The van der Waals surface area contributed by atoms with Gasteiger partial charge in [0.05, 0.1) is 12.0 Å². The van der Waals surface area contributed by atoms with Crippen molar-refractivity contribution in [3.63, 3.8) is 0 Å². The van der Waals surface area contributed by atoms with E-state index in [1.165, 1.54) is 6.20 Å². The molecule has 0 saturated heterocycles. The number of amides is 1. The minimum absolute atomic E-state index is 0. The number of pyridine rings is 1. The quantitative estimate of drug-likeness (QED) is 0.688. The lowest BCUT2D eigenvalue weighted by Gasteiger charge is -2.01. The van der Waals surface area contributed by atoms with Gasteiger partial charge in [0, 0.05) is 9.05 Å². The van der Waals surface area contributed by atoms with Crippen LogP contribution in [0.15, 0.2) is 48.7 Å². The van der Waals surface area contributed by atoms with Crippen molar-refractivity contribution in [1.29, 1.82) is 0 Å². The van der Waals surface area contributed by atoms with E-state index in [2.05, 4.69) is 20.5 Å². The molecule has 3 aromatic rings. The highest BCUT2D eigenvalue weighted by Crippen LogP contribution is 2.20. The third kappa shape index (κ3) is 3.61. The van der Waals surface area contributed by atoms with Gasteiger partial charge in [-0.25, -0.2) is 4.98 Å². The van der Waals surface area contributed by atoms with E-state index in [0.717, 1.165) is 16.9 Å². The van der Waals surface area contributed by atoms with Crippen LogP contribution in [0.1, 0.15) is 23.8 Å². The lowest BCUT2D eigenvalue weighted by Crippen LogP contribution is -2.14. The Labute approximate surface area is 144 Å². The Morgan fingerprint density at radius 3 is 2.67 bits per heavy atom. The molecule has 0 bridgehead atoms. The molecule has 7 nitrogen and oxygen atoms in total. The highest BCUT2D eigenvalue weighted by Gasteiger charge is 2.18. The van der Waals surface area contributed by atoms with Crippen LogP contribution in [0.5, 0.6) is 0 Å². The Morgan fingerprint density at radius 2 is 1.92 bits per heavy atom. The minimum atomic E-state index is -0.373. The zero-order valence-corrected chi connectivity index (χ0v) is 13.3. The maximum atomic E-state index is 12.3. The molecule has 1 aromatic carbocycles. The van der Waals surface area contributed by atoms with Gasteiger partial charge in [-0.3, -0.25) is 9.59 Å². The van der Waals surface area contributed by atoms with Gasteiger partial charge in [0.25, 0.3) is 0 Å². The smallest absolute Gasteiger partial charge is 0.230 e. The number of carbonyl (C=O) groups excluding carboxylic acids is 2. The number of aromatic nitrogens is 3. The first-order valence-electron chi connectivity index (χ1n) is 7.06. The SMILES string of the molecule is Nc1ncccc1C(=O)c1nnc(NC(=O)Cc2ccccc2)s1.[HH].[HH]. The molecule has 0 radical (unpaired) electrons. The molecule has 3 N–H and O–H groups in total. The van der Waals surface area contributed by atoms with Gasteiger partial charge in [-0.05, 0) is 17.7 Å². The summed E-state index contributed by atoms with van der Waals surface area (Å²) >= 11 is 0.996. The third-order valence-electron chi connectivity index (χ3n) is 3.16. The normalized spacial score (nSPS) is 10.3. The lowest BCUT2D eigenvalue weighted by molar-refractivity contribution is -0.115. The van der Waals surface area contributed by atoms with Gasteiger partial charge in [-0.1, -0.05) is 41.7 Å². The summed E-state index contributed by atoms with van der Waals surface area (Å²) in [5.41, 5.74) is 6.83. The average molecular weight is 343 g/mol. The summed E-state index contributed by atoms with van der Waals surface area (Å²) in [6.45, 7) is 0. The topological polar surface area (TPSA) is 111 Å². The molecule has 124 valence electrons. The van der Waals surface area contributed by atoms with Crippen LogP contribution in [0.2, 0.25) is 0 Å². The molecule has 24 heavy (non-hydrogen) atoms. The fourth-order valence-corrected chi connectivity index (χ4v) is 2.75. The summed E-state index contributed by atoms with van der Waals surface area (Å²) in [6.07, 6.45) is 1.72. The second-order valence-corrected chi connectivity index (χ2v) is 5.87. The standard InChI is InChI=1S/C16H13N5O2S.2H2/c17-14-11(7-4-8-18-14)13(23)15-20-21-16(24-15)19-12(22)9-10-5-2-1-3-6-10;;/h1-8H,9H2,(H2,17,18)(H,19,21,22);2*1H. The molecular formula is C16H17N5O2S. The van der Waals surface area contributed by atoms with Crippen molar-refractivity contribution in [2.45, 2.75) is 6.42 Å². The van der Waals surface area contributed by atoms with Gasteiger partial charge < -0.3 is 11.1 Å². The number of nitrogens with one attached hydrogen (secondary N) is 1. The van der Waals surface area contributed by atoms with E-state index in [0.29, 0.717) is 0 Å². The number of rotatable bonds is 5. The number of nitrogens with zero attached hydrogens (tertiary/aromatic N) is 3. The molecule has 3 rings (SSSR count). The zero-order chi connectivity index (χ0) is 16.9. The van der Waals surface area contributed by atoms with Crippen molar-refractivity contribution in [2.24, 2.45) is 0 Å². The highest BCUT2D eigenvalue weighted by molar-refractivity contribution is 7.17. The zero-order valence-electron chi connectivity index (χ0n) is 12.5. The molecule has 0 spiro atoms. The van der Waals surface area contributed by atoms with Crippen LogP contribution in [0.4, 0.5) is 10.9 Å². The highest BCUT2D eigenvalue weighted by atomic mass is 32.1. The molecule has 2 aromatic heterocycles.